The molecule has 0 bridgehead atoms. The Hall–Kier alpha value is -3.76. The number of rotatable bonds is 9. The van der Waals surface area contributed by atoms with Crippen molar-refractivity contribution in [2.24, 2.45) is 0 Å². The molecule has 1 atom stereocenters. The van der Waals surface area contributed by atoms with E-state index in [1.807, 2.05) is 24.3 Å². The normalized spacial score (nSPS) is 13.9. The molecule has 1 aliphatic rings. The Morgan fingerprint density at radius 1 is 1.06 bits per heavy atom. The second-order valence-corrected chi connectivity index (χ2v) is 9.39. The molecule has 1 heterocycles. The smallest absolute Gasteiger partial charge is 0.407 e. The molecule has 0 spiro atoms. The topological polar surface area (TPSA) is 138 Å². The van der Waals surface area contributed by atoms with Gasteiger partial charge in [0.25, 0.3) is 0 Å². The Balaban J connectivity index is 1.25. The van der Waals surface area contributed by atoms with Crippen molar-refractivity contribution < 1.29 is 29.3 Å². The number of aromatic nitrogens is 1. The summed E-state index contributed by atoms with van der Waals surface area (Å²) < 4.78 is 5.51. The van der Waals surface area contributed by atoms with Crippen LogP contribution in [0.3, 0.4) is 0 Å². The van der Waals surface area contributed by atoms with Gasteiger partial charge in [0.15, 0.2) is 5.60 Å². The van der Waals surface area contributed by atoms with Gasteiger partial charge in [0.1, 0.15) is 11.6 Å². The van der Waals surface area contributed by atoms with E-state index in [1.165, 1.54) is 11.3 Å². The van der Waals surface area contributed by atoms with E-state index in [2.05, 4.69) is 39.9 Å². The number of carbonyl (C=O) groups excluding carboxylic acids is 2. The van der Waals surface area contributed by atoms with Gasteiger partial charge in [-0.25, -0.2) is 14.6 Å². The number of ether oxygens (including phenoxy) is 1. The number of carboxylic acids is 1. The molecule has 0 saturated heterocycles. The first kappa shape index (κ1) is 24.4. The molecule has 10 heteroatoms. The molecule has 1 aliphatic carbocycles. The van der Waals surface area contributed by atoms with Crippen LogP contribution < -0.4 is 10.6 Å². The predicted molar refractivity (Wildman–Crippen MR) is 129 cm³/mol. The van der Waals surface area contributed by atoms with E-state index in [-0.39, 0.29) is 25.5 Å². The van der Waals surface area contributed by atoms with Gasteiger partial charge >= 0.3 is 12.1 Å². The highest BCUT2D eigenvalue weighted by Crippen LogP contribution is 2.44. The van der Waals surface area contributed by atoms with E-state index >= 15 is 0 Å². The fraction of sp³-hybridized carbons (Fsp3) is 0.280. The van der Waals surface area contributed by atoms with Crippen molar-refractivity contribution in [3.05, 3.63) is 75.7 Å². The summed E-state index contributed by atoms with van der Waals surface area (Å²) in [7, 11) is 0. The molecule has 1 unspecified atom stereocenters. The van der Waals surface area contributed by atoms with Crippen LogP contribution >= 0.6 is 11.3 Å². The lowest BCUT2D eigenvalue weighted by atomic mass is 9.98. The molecule has 2 amide bonds. The van der Waals surface area contributed by atoms with Crippen molar-refractivity contribution in [1.29, 1.82) is 0 Å². The summed E-state index contributed by atoms with van der Waals surface area (Å²) in [6.07, 6.45) is -0.630. The van der Waals surface area contributed by atoms with Gasteiger partial charge in [-0.05, 0) is 29.2 Å². The second-order valence-electron chi connectivity index (χ2n) is 8.44. The van der Waals surface area contributed by atoms with Crippen molar-refractivity contribution in [3.63, 3.8) is 0 Å². The molecule has 0 aliphatic heterocycles. The number of benzene rings is 2. The lowest BCUT2D eigenvalue weighted by molar-refractivity contribution is -0.156. The standard InChI is InChI=1S/C25H25N3O6S/c1-25(33,23(30)31)14-27-21(29)10-15-13-35-22(28-15)11-26-24(32)34-12-20-18-8-4-2-6-16(18)17-7-3-5-9-19(17)20/h2-9,13,20,33H,10-12,14H2,1H3,(H,26,32)(H,27,29)(H,30,31). The maximum Gasteiger partial charge on any atom is 0.407 e. The second kappa shape index (κ2) is 10.2. The van der Waals surface area contributed by atoms with Crippen molar-refractivity contribution >= 4 is 29.3 Å². The number of alkyl carbamates (subject to hydrolysis) is 1. The molecule has 0 saturated carbocycles. The number of fused-ring (bicyclic) bond motifs is 3. The lowest BCUT2D eigenvalue weighted by Crippen LogP contribution is -2.46. The zero-order valence-corrected chi connectivity index (χ0v) is 19.8. The van der Waals surface area contributed by atoms with Crippen molar-refractivity contribution in [1.82, 2.24) is 15.6 Å². The molecule has 4 rings (SSSR count). The number of carbonyl (C=O) groups is 3. The molecule has 1 aromatic heterocycles. The first-order valence-corrected chi connectivity index (χ1v) is 11.9. The zero-order valence-electron chi connectivity index (χ0n) is 19.0. The van der Waals surface area contributed by atoms with Crippen LogP contribution in [0.2, 0.25) is 0 Å². The Bertz CT molecular complexity index is 1210. The summed E-state index contributed by atoms with van der Waals surface area (Å²) >= 11 is 1.28. The third kappa shape index (κ3) is 5.67. The molecule has 35 heavy (non-hydrogen) atoms. The Kier molecular flexibility index (Phi) is 7.13. The minimum atomic E-state index is -2.05. The van der Waals surface area contributed by atoms with Crippen LogP contribution in [0.5, 0.6) is 0 Å². The quantitative estimate of drug-likeness (QED) is 0.358. The van der Waals surface area contributed by atoms with Crippen LogP contribution in [0.1, 0.15) is 34.7 Å². The number of aliphatic hydroxyl groups is 1. The van der Waals surface area contributed by atoms with Crippen LogP contribution in [0.25, 0.3) is 11.1 Å². The van der Waals surface area contributed by atoms with Crippen LogP contribution in [0, 0.1) is 0 Å². The summed E-state index contributed by atoms with van der Waals surface area (Å²) in [5.74, 6) is -1.92. The first-order chi connectivity index (χ1) is 16.7. The molecule has 2 aromatic carbocycles. The molecule has 0 radical (unpaired) electrons. The Labute approximate surface area is 205 Å². The molecular formula is C25H25N3O6S. The number of hydrogen-bond acceptors (Lipinski definition) is 7. The van der Waals surface area contributed by atoms with E-state index in [4.69, 9.17) is 9.84 Å². The summed E-state index contributed by atoms with van der Waals surface area (Å²) in [5.41, 5.74) is 3.01. The van der Waals surface area contributed by atoms with Crippen LogP contribution in [0.4, 0.5) is 4.79 Å². The number of aliphatic carboxylic acids is 1. The molecular weight excluding hydrogens is 470 g/mol. The SMILES string of the molecule is CC(O)(CNC(=O)Cc1csc(CNC(=O)OCC2c3ccccc3-c3ccccc32)n1)C(=O)O. The van der Waals surface area contributed by atoms with E-state index in [1.54, 1.807) is 5.38 Å². The van der Waals surface area contributed by atoms with Gasteiger partial charge in [-0.2, -0.15) is 0 Å². The summed E-state index contributed by atoms with van der Waals surface area (Å²) in [6, 6.07) is 16.2. The van der Waals surface area contributed by atoms with E-state index in [0.29, 0.717) is 10.7 Å². The van der Waals surface area contributed by atoms with Gasteiger partial charge in [-0.15, -0.1) is 11.3 Å². The largest absolute Gasteiger partial charge is 0.479 e. The molecule has 9 nitrogen and oxygen atoms in total. The number of carboxylic acid groups (broad SMARTS) is 1. The zero-order chi connectivity index (χ0) is 25.0. The van der Waals surface area contributed by atoms with Crippen LogP contribution in [-0.2, 0) is 27.3 Å². The van der Waals surface area contributed by atoms with Gasteiger partial charge in [-0.3, -0.25) is 4.79 Å². The van der Waals surface area contributed by atoms with Crippen LogP contribution in [0.15, 0.2) is 53.9 Å². The van der Waals surface area contributed by atoms with Crippen molar-refractivity contribution in [3.8, 4) is 11.1 Å². The van der Waals surface area contributed by atoms with Crippen molar-refractivity contribution in [2.45, 2.75) is 31.4 Å². The number of nitrogens with one attached hydrogen (secondary N) is 2. The summed E-state index contributed by atoms with van der Waals surface area (Å²) in [6.45, 7) is 1.05. The third-order valence-corrected chi connectivity index (χ3v) is 6.66. The average molecular weight is 496 g/mol. The molecule has 4 N–H and O–H groups in total. The van der Waals surface area contributed by atoms with Gasteiger partial charge in [-0.1, -0.05) is 48.5 Å². The predicted octanol–water partition coefficient (Wildman–Crippen LogP) is 2.68. The third-order valence-electron chi connectivity index (χ3n) is 5.76. The van der Waals surface area contributed by atoms with Crippen LogP contribution in [-0.4, -0.2) is 51.9 Å². The van der Waals surface area contributed by atoms with E-state index in [9.17, 15) is 19.5 Å². The number of thiazole rings is 1. The minimum Gasteiger partial charge on any atom is -0.479 e. The average Bonchev–Trinajstić information content (AvgIpc) is 3.42. The summed E-state index contributed by atoms with van der Waals surface area (Å²) in [4.78, 5) is 39.5. The lowest BCUT2D eigenvalue weighted by Gasteiger charge is -2.17. The molecule has 0 fully saturated rings. The number of nitrogens with zero attached hydrogens (tertiary/aromatic N) is 1. The van der Waals surface area contributed by atoms with Gasteiger partial charge in [0.05, 0.1) is 25.2 Å². The Morgan fingerprint density at radius 2 is 1.69 bits per heavy atom. The highest BCUT2D eigenvalue weighted by atomic mass is 32.1. The monoisotopic (exact) mass is 495 g/mol. The maximum atomic E-state index is 12.3. The van der Waals surface area contributed by atoms with Crippen molar-refractivity contribution in [2.75, 3.05) is 13.2 Å². The van der Waals surface area contributed by atoms with Gasteiger partial charge in [0, 0.05) is 11.3 Å². The van der Waals surface area contributed by atoms with Gasteiger partial charge in [0.2, 0.25) is 5.91 Å². The number of amides is 2. The molecule has 182 valence electrons. The maximum absolute atomic E-state index is 12.3. The van der Waals surface area contributed by atoms with Gasteiger partial charge < -0.3 is 25.6 Å². The fourth-order valence-corrected chi connectivity index (χ4v) is 4.62. The Morgan fingerprint density at radius 3 is 2.31 bits per heavy atom. The van der Waals surface area contributed by atoms with E-state index in [0.717, 1.165) is 29.2 Å². The first-order valence-electron chi connectivity index (χ1n) is 11.0. The van der Waals surface area contributed by atoms with E-state index < -0.39 is 30.1 Å². The minimum absolute atomic E-state index is 0.0277. The number of hydrogen-bond donors (Lipinski definition) is 4. The summed E-state index contributed by atoms with van der Waals surface area (Å²) in [5, 5.41) is 25.9. The fourth-order valence-electron chi connectivity index (χ4n) is 3.88. The molecule has 3 aromatic rings. The highest BCUT2D eigenvalue weighted by Gasteiger charge is 2.30. The highest BCUT2D eigenvalue weighted by molar-refractivity contribution is 7.09.